The number of carbonyl (C=O) groups excluding carboxylic acids is 1. The second-order valence-corrected chi connectivity index (χ2v) is 9.45. The van der Waals surface area contributed by atoms with Crippen LogP contribution in [0.15, 0.2) is 48.5 Å². The van der Waals surface area contributed by atoms with E-state index in [2.05, 4.69) is 15.3 Å². The lowest BCUT2D eigenvalue weighted by Crippen LogP contribution is -2.47. The lowest BCUT2D eigenvalue weighted by molar-refractivity contribution is -0.134. The predicted octanol–water partition coefficient (Wildman–Crippen LogP) is 4.74. The van der Waals surface area contributed by atoms with E-state index in [9.17, 15) is 4.79 Å². The first kappa shape index (κ1) is 20.0. The van der Waals surface area contributed by atoms with E-state index in [1.807, 2.05) is 48.5 Å². The zero-order chi connectivity index (χ0) is 20.6. The largest absolute Gasteiger partial charge is 0.478 e. The second kappa shape index (κ2) is 7.54. The van der Waals surface area contributed by atoms with Crippen molar-refractivity contribution in [2.45, 2.75) is 42.5 Å². The third-order valence-electron chi connectivity index (χ3n) is 5.11. The first-order valence-corrected chi connectivity index (χ1v) is 10.4. The highest BCUT2D eigenvalue weighted by Gasteiger charge is 2.52. The number of fused-ring (bicyclic) bond motifs is 1. The molecule has 0 spiro atoms. The van der Waals surface area contributed by atoms with E-state index in [-0.39, 0.29) is 11.8 Å². The van der Waals surface area contributed by atoms with Crippen molar-refractivity contribution in [1.82, 2.24) is 15.3 Å². The number of aromatic nitrogens is 2. The van der Waals surface area contributed by atoms with Crippen LogP contribution in [0.25, 0.3) is 11.0 Å². The van der Waals surface area contributed by atoms with Gasteiger partial charge in [0.25, 0.3) is 5.91 Å². The Morgan fingerprint density at radius 2 is 1.93 bits per heavy atom. The summed E-state index contributed by atoms with van der Waals surface area (Å²) >= 11 is 12.2. The number of aromatic amines is 1. The number of para-hydroxylation sites is 2. The van der Waals surface area contributed by atoms with Crippen LogP contribution in [-0.4, -0.2) is 32.4 Å². The number of ether oxygens (including phenoxy) is 1. The fourth-order valence-corrected chi connectivity index (χ4v) is 3.88. The molecule has 1 heterocycles. The van der Waals surface area contributed by atoms with Gasteiger partial charge >= 0.3 is 0 Å². The van der Waals surface area contributed by atoms with E-state index in [4.69, 9.17) is 27.9 Å². The summed E-state index contributed by atoms with van der Waals surface area (Å²) < 4.78 is 5.27. The van der Waals surface area contributed by atoms with Gasteiger partial charge in [0, 0.05) is 18.9 Å². The zero-order valence-corrected chi connectivity index (χ0v) is 17.8. The van der Waals surface area contributed by atoms with Crippen LogP contribution in [0.3, 0.4) is 0 Å². The molecule has 1 saturated carbocycles. The number of hydrogen-bond donors (Lipinski definition) is 2. The third kappa shape index (κ3) is 4.51. The molecular weight excluding hydrogens is 409 g/mol. The fraction of sp³-hybridized carbons (Fsp3) is 0.364. The van der Waals surface area contributed by atoms with Crippen LogP contribution in [0.4, 0.5) is 0 Å². The van der Waals surface area contributed by atoms with Gasteiger partial charge in [-0.25, -0.2) is 4.98 Å². The van der Waals surface area contributed by atoms with Gasteiger partial charge in [-0.05, 0) is 50.1 Å². The van der Waals surface area contributed by atoms with Gasteiger partial charge in [-0.2, -0.15) is 0 Å². The van der Waals surface area contributed by atoms with E-state index in [1.165, 1.54) is 0 Å². The first-order valence-electron chi connectivity index (χ1n) is 9.63. The molecular formula is C22H23Cl2N3O2. The Morgan fingerprint density at radius 1 is 1.24 bits per heavy atom. The second-order valence-electron chi connectivity index (χ2n) is 7.91. The summed E-state index contributed by atoms with van der Waals surface area (Å²) in [4.78, 5) is 20.4. The van der Waals surface area contributed by atoms with Crippen molar-refractivity contribution < 1.29 is 9.53 Å². The van der Waals surface area contributed by atoms with E-state index < -0.39 is 9.93 Å². The molecule has 1 fully saturated rings. The van der Waals surface area contributed by atoms with Gasteiger partial charge in [0.2, 0.25) is 0 Å². The highest BCUT2D eigenvalue weighted by atomic mass is 35.5. The third-order valence-corrected chi connectivity index (χ3v) is 5.95. The molecule has 0 unspecified atom stereocenters. The molecule has 7 heteroatoms. The number of carbonyl (C=O) groups is 1. The van der Waals surface area contributed by atoms with Crippen LogP contribution in [0.2, 0.25) is 0 Å². The topological polar surface area (TPSA) is 67.0 Å². The van der Waals surface area contributed by atoms with Crippen molar-refractivity contribution in [1.29, 1.82) is 0 Å². The highest BCUT2D eigenvalue weighted by molar-refractivity contribution is 6.51. The predicted molar refractivity (Wildman–Crippen MR) is 116 cm³/mol. The molecule has 1 aliphatic carbocycles. The summed E-state index contributed by atoms with van der Waals surface area (Å²) in [6.07, 6.45) is 1.38. The smallest absolute Gasteiger partial charge is 0.263 e. The Labute approximate surface area is 179 Å². The molecule has 1 amide bonds. The lowest BCUT2D eigenvalue weighted by Gasteiger charge is -2.25. The Morgan fingerprint density at radius 3 is 2.59 bits per heavy atom. The van der Waals surface area contributed by atoms with Gasteiger partial charge in [-0.15, -0.1) is 23.2 Å². The molecule has 5 nitrogen and oxygen atoms in total. The normalized spacial score (nSPS) is 17.9. The molecule has 152 valence electrons. The molecule has 0 bridgehead atoms. The lowest BCUT2D eigenvalue weighted by atomic mass is 10.1. The fourth-order valence-electron chi connectivity index (χ4n) is 3.32. The summed E-state index contributed by atoms with van der Waals surface area (Å²) in [6.45, 7) is 3.97. The SMILES string of the molecule is CC(C)(Oc1ccc([C@@H]2CC2(Cl)Cl)cc1)C(=O)NCCc1nc2ccccc2[nH]1. The number of halogens is 2. The van der Waals surface area contributed by atoms with E-state index in [0.717, 1.165) is 28.8 Å². The number of imidazole rings is 1. The average molecular weight is 432 g/mol. The minimum absolute atomic E-state index is 0.162. The number of benzene rings is 2. The number of H-pyrrole nitrogens is 1. The van der Waals surface area contributed by atoms with E-state index >= 15 is 0 Å². The van der Waals surface area contributed by atoms with Gasteiger partial charge in [0.1, 0.15) is 15.9 Å². The number of alkyl halides is 2. The van der Waals surface area contributed by atoms with Crippen LogP contribution < -0.4 is 10.1 Å². The van der Waals surface area contributed by atoms with Crippen LogP contribution >= 0.6 is 23.2 Å². The molecule has 0 aliphatic heterocycles. The molecule has 2 aromatic carbocycles. The number of hydrogen-bond acceptors (Lipinski definition) is 3. The Hall–Kier alpha value is -2.24. The summed E-state index contributed by atoms with van der Waals surface area (Å²) in [6, 6.07) is 15.4. The van der Waals surface area contributed by atoms with Crippen molar-refractivity contribution in [2.75, 3.05) is 6.54 Å². The van der Waals surface area contributed by atoms with Crippen molar-refractivity contribution in [3.05, 3.63) is 59.9 Å². The van der Waals surface area contributed by atoms with Crippen LogP contribution in [0, 0.1) is 0 Å². The number of amides is 1. The molecule has 29 heavy (non-hydrogen) atoms. The van der Waals surface area contributed by atoms with E-state index in [1.54, 1.807) is 13.8 Å². The zero-order valence-electron chi connectivity index (χ0n) is 16.3. The minimum Gasteiger partial charge on any atom is -0.478 e. The maximum atomic E-state index is 12.6. The standard InChI is InChI=1S/C22H23Cl2N3O2/c1-21(2,29-15-9-7-14(8-10-15)16-13-22(16,23)24)20(28)25-12-11-19-26-17-5-3-4-6-18(17)27-19/h3-10,16H,11-13H2,1-2H3,(H,25,28)(H,26,27)/t16-/m0/s1. The van der Waals surface area contributed by atoms with Gasteiger partial charge in [-0.1, -0.05) is 24.3 Å². The highest BCUT2D eigenvalue weighted by Crippen LogP contribution is 2.59. The van der Waals surface area contributed by atoms with Gasteiger partial charge in [0.05, 0.1) is 11.0 Å². The average Bonchev–Trinajstić information content (AvgIpc) is 3.12. The first-order chi connectivity index (χ1) is 13.7. The van der Waals surface area contributed by atoms with Crippen LogP contribution in [0.5, 0.6) is 5.75 Å². The van der Waals surface area contributed by atoms with Gasteiger partial charge in [0.15, 0.2) is 5.60 Å². The van der Waals surface area contributed by atoms with Gasteiger partial charge < -0.3 is 15.0 Å². The summed E-state index contributed by atoms with van der Waals surface area (Å²) in [5.41, 5.74) is 1.99. The molecule has 2 N–H and O–H groups in total. The Balaban J connectivity index is 1.30. The number of rotatable bonds is 7. The summed E-state index contributed by atoms with van der Waals surface area (Å²) in [5.74, 6) is 1.45. The van der Waals surface area contributed by atoms with Gasteiger partial charge in [-0.3, -0.25) is 4.79 Å². The molecule has 4 rings (SSSR count). The molecule has 0 radical (unpaired) electrons. The quantitative estimate of drug-likeness (QED) is 0.530. The Bertz CT molecular complexity index is 995. The summed E-state index contributed by atoms with van der Waals surface area (Å²) in [5, 5.41) is 2.93. The maximum Gasteiger partial charge on any atom is 0.263 e. The molecule has 0 saturated heterocycles. The maximum absolute atomic E-state index is 12.6. The number of nitrogens with one attached hydrogen (secondary N) is 2. The minimum atomic E-state index is -1.00. The monoisotopic (exact) mass is 431 g/mol. The molecule has 3 aromatic rings. The molecule has 1 aliphatic rings. The van der Waals surface area contributed by atoms with E-state index in [0.29, 0.717) is 18.7 Å². The van der Waals surface area contributed by atoms with Crippen LogP contribution in [-0.2, 0) is 11.2 Å². The van der Waals surface area contributed by atoms with Crippen molar-refractivity contribution in [3.63, 3.8) is 0 Å². The number of nitrogens with zero attached hydrogens (tertiary/aromatic N) is 1. The van der Waals surface area contributed by atoms with Crippen LogP contribution in [0.1, 0.15) is 37.6 Å². The molecule has 1 aromatic heterocycles. The van der Waals surface area contributed by atoms with Crippen molar-refractivity contribution >= 4 is 40.1 Å². The molecule has 1 atom stereocenters. The van der Waals surface area contributed by atoms with Crippen molar-refractivity contribution in [2.24, 2.45) is 0 Å². The Kier molecular flexibility index (Phi) is 5.21. The van der Waals surface area contributed by atoms with Crippen molar-refractivity contribution in [3.8, 4) is 5.75 Å². The summed E-state index contributed by atoms with van der Waals surface area (Å²) in [7, 11) is 0.